The second-order valence-electron chi connectivity index (χ2n) is 3.58. The van der Waals surface area contributed by atoms with Crippen LogP contribution in [0.25, 0.3) is 0 Å². The Kier molecular flexibility index (Phi) is 4.87. The molecule has 1 aromatic carbocycles. The molecular formula is C12H14N2OS. The van der Waals surface area contributed by atoms with Gasteiger partial charge >= 0.3 is 0 Å². The van der Waals surface area contributed by atoms with Crippen LogP contribution in [0.2, 0.25) is 0 Å². The number of amides is 1. The standard InChI is InChI=1S/C12H14N2OS/c1-9-5-10(2)7-11(6-9)14-12(15)8-16-4-3-13/h5-7H,4,8H2,1-2H3,(H,14,15). The van der Waals surface area contributed by atoms with Crippen LogP contribution in [0.15, 0.2) is 18.2 Å². The zero-order valence-electron chi connectivity index (χ0n) is 9.41. The summed E-state index contributed by atoms with van der Waals surface area (Å²) in [6.07, 6.45) is 0. The molecule has 0 spiro atoms. The molecule has 0 unspecified atom stereocenters. The van der Waals surface area contributed by atoms with Gasteiger partial charge in [0.25, 0.3) is 0 Å². The zero-order valence-corrected chi connectivity index (χ0v) is 10.2. The number of carbonyl (C=O) groups is 1. The summed E-state index contributed by atoms with van der Waals surface area (Å²) in [4.78, 5) is 11.5. The summed E-state index contributed by atoms with van der Waals surface area (Å²) in [5.74, 6) is 0.603. The maximum atomic E-state index is 11.5. The number of carbonyl (C=O) groups excluding carboxylic acids is 1. The largest absolute Gasteiger partial charge is 0.325 e. The molecule has 1 amide bonds. The summed E-state index contributed by atoms with van der Waals surface area (Å²) in [6, 6.07) is 7.90. The molecule has 0 atom stereocenters. The average molecular weight is 234 g/mol. The van der Waals surface area contributed by atoms with Gasteiger partial charge in [-0.2, -0.15) is 5.26 Å². The molecule has 0 aliphatic carbocycles. The number of nitrogens with one attached hydrogen (secondary N) is 1. The van der Waals surface area contributed by atoms with E-state index in [0.717, 1.165) is 16.8 Å². The van der Waals surface area contributed by atoms with Crippen molar-refractivity contribution in [3.8, 4) is 6.07 Å². The number of hydrogen-bond donors (Lipinski definition) is 1. The van der Waals surface area contributed by atoms with Crippen LogP contribution in [0.3, 0.4) is 0 Å². The summed E-state index contributed by atoms with van der Waals surface area (Å²) in [7, 11) is 0. The molecule has 0 aliphatic heterocycles. The van der Waals surface area contributed by atoms with E-state index in [2.05, 4.69) is 11.4 Å². The van der Waals surface area contributed by atoms with Crippen molar-refractivity contribution in [2.24, 2.45) is 0 Å². The second-order valence-corrected chi connectivity index (χ2v) is 4.56. The maximum absolute atomic E-state index is 11.5. The van der Waals surface area contributed by atoms with Crippen molar-refractivity contribution in [2.75, 3.05) is 16.8 Å². The van der Waals surface area contributed by atoms with Crippen molar-refractivity contribution in [1.82, 2.24) is 0 Å². The van der Waals surface area contributed by atoms with Gasteiger partial charge in [0.15, 0.2) is 0 Å². The summed E-state index contributed by atoms with van der Waals surface area (Å²) < 4.78 is 0. The Labute approximate surface area is 99.8 Å². The Balaban J connectivity index is 2.53. The van der Waals surface area contributed by atoms with Crippen molar-refractivity contribution in [3.63, 3.8) is 0 Å². The number of nitriles is 1. The van der Waals surface area contributed by atoms with E-state index in [1.807, 2.05) is 32.0 Å². The number of nitrogens with zero attached hydrogens (tertiary/aromatic N) is 1. The molecule has 0 bridgehead atoms. The predicted molar refractivity (Wildman–Crippen MR) is 67.5 cm³/mol. The number of thioether (sulfide) groups is 1. The lowest BCUT2D eigenvalue weighted by molar-refractivity contribution is -0.113. The van der Waals surface area contributed by atoms with E-state index in [-0.39, 0.29) is 5.91 Å². The Morgan fingerprint density at radius 1 is 1.38 bits per heavy atom. The van der Waals surface area contributed by atoms with Crippen LogP contribution in [-0.2, 0) is 4.79 Å². The van der Waals surface area contributed by atoms with E-state index in [1.54, 1.807) is 0 Å². The van der Waals surface area contributed by atoms with Gasteiger partial charge in [-0.1, -0.05) is 6.07 Å². The third-order valence-corrected chi connectivity index (χ3v) is 2.70. The van der Waals surface area contributed by atoms with E-state index in [1.165, 1.54) is 11.8 Å². The monoisotopic (exact) mass is 234 g/mol. The first-order chi connectivity index (χ1) is 7.61. The topological polar surface area (TPSA) is 52.9 Å². The number of anilines is 1. The highest BCUT2D eigenvalue weighted by Crippen LogP contribution is 2.14. The molecule has 0 heterocycles. The lowest BCUT2D eigenvalue weighted by atomic mass is 10.1. The predicted octanol–water partition coefficient (Wildman–Crippen LogP) is 2.50. The van der Waals surface area contributed by atoms with Gasteiger partial charge in [-0.05, 0) is 37.1 Å². The molecule has 1 N–H and O–H groups in total. The average Bonchev–Trinajstić information content (AvgIpc) is 2.16. The summed E-state index contributed by atoms with van der Waals surface area (Å²) in [5.41, 5.74) is 3.07. The molecule has 4 heteroatoms. The zero-order chi connectivity index (χ0) is 12.0. The van der Waals surface area contributed by atoms with Gasteiger partial charge in [0, 0.05) is 5.69 Å². The van der Waals surface area contributed by atoms with Crippen LogP contribution < -0.4 is 5.32 Å². The Morgan fingerprint density at radius 3 is 2.56 bits per heavy atom. The van der Waals surface area contributed by atoms with Crippen molar-refractivity contribution >= 4 is 23.4 Å². The van der Waals surface area contributed by atoms with Crippen LogP contribution in [0.1, 0.15) is 11.1 Å². The molecule has 16 heavy (non-hydrogen) atoms. The van der Waals surface area contributed by atoms with Gasteiger partial charge < -0.3 is 5.32 Å². The van der Waals surface area contributed by atoms with Crippen LogP contribution in [-0.4, -0.2) is 17.4 Å². The van der Waals surface area contributed by atoms with E-state index >= 15 is 0 Å². The second kappa shape index (κ2) is 6.19. The molecule has 0 aliphatic rings. The molecule has 0 fully saturated rings. The van der Waals surface area contributed by atoms with E-state index in [0.29, 0.717) is 11.5 Å². The number of rotatable bonds is 4. The molecule has 3 nitrogen and oxygen atoms in total. The third-order valence-electron chi connectivity index (χ3n) is 1.91. The maximum Gasteiger partial charge on any atom is 0.234 e. The quantitative estimate of drug-likeness (QED) is 0.814. The number of aryl methyl sites for hydroxylation is 2. The highest BCUT2D eigenvalue weighted by atomic mass is 32.2. The van der Waals surface area contributed by atoms with Crippen LogP contribution in [0.4, 0.5) is 5.69 Å². The van der Waals surface area contributed by atoms with Gasteiger partial charge in [-0.3, -0.25) is 4.79 Å². The summed E-state index contributed by atoms with van der Waals surface area (Å²) in [6.45, 7) is 3.99. The fourth-order valence-electron chi connectivity index (χ4n) is 1.43. The molecular weight excluding hydrogens is 220 g/mol. The normalized spacial score (nSPS) is 9.56. The van der Waals surface area contributed by atoms with Gasteiger partial charge in [0.05, 0.1) is 17.6 Å². The lowest BCUT2D eigenvalue weighted by Gasteiger charge is -2.06. The van der Waals surface area contributed by atoms with Crippen molar-refractivity contribution < 1.29 is 4.79 Å². The molecule has 0 radical (unpaired) electrons. The highest BCUT2D eigenvalue weighted by molar-refractivity contribution is 8.00. The lowest BCUT2D eigenvalue weighted by Crippen LogP contribution is -2.14. The Morgan fingerprint density at radius 2 is 2.00 bits per heavy atom. The molecule has 84 valence electrons. The first kappa shape index (κ1) is 12.6. The molecule has 1 rings (SSSR count). The summed E-state index contributed by atoms with van der Waals surface area (Å²) >= 11 is 1.32. The smallest absolute Gasteiger partial charge is 0.234 e. The Hall–Kier alpha value is -1.47. The fraction of sp³-hybridized carbons (Fsp3) is 0.333. The first-order valence-corrected chi connectivity index (χ1v) is 6.10. The molecule has 1 aromatic rings. The van der Waals surface area contributed by atoms with Crippen molar-refractivity contribution in [3.05, 3.63) is 29.3 Å². The van der Waals surface area contributed by atoms with Gasteiger partial charge in [0.1, 0.15) is 0 Å². The molecule has 0 saturated heterocycles. The molecule has 0 aromatic heterocycles. The number of hydrogen-bond acceptors (Lipinski definition) is 3. The van der Waals surface area contributed by atoms with E-state index in [9.17, 15) is 4.79 Å². The van der Waals surface area contributed by atoms with Crippen LogP contribution in [0, 0.1) is 25.2 Å². The van der Waals surface area contributed by atoms with Crippen molar-refractivity contribution in [1.29, 1.82) is 5.26 Å². The minimum Gasteiger partial charge on any atom is -0.325 e. The summed E-state index contributed by atoms with van der Waals surface area (Å²) in [5, 5.41) is 11.2. The SMILES string of the molecule is Cc1cc(C)cc(NC(=O)CSCC#N)c1. The van der Waals surface area contributed by atoms with Gasteiger partial charge in [-0.25, -0.2) is 0 Å². The molecule has 0 saturated carbocycles. The van der Waals surface area contributed by atoms with Gasteiger partial charge in [-0.15, -0.1) is 11.8 Å². The first-order valence-electron chi connectivity index (χ1n) is 4.94. The minimum absolute atomic E-state index is 0.0646. The van der Waals surface area contributed by atoms with Crippen LogP contribution >= 0.6 is 11.8 Å². The van der Waals surface area contributed by atoms with E-state index in [4.69, 9.17) is 5.26 Å². The third kappa shape index (κ3) is 4.37. The fourth-order valence-corrected chi connectivity index (χ4v) is 1.88. The Bertz CT molecular complexity index is 403. The van der Waals surface area contributed by atoms with Crippen LogP contribution in [0.5, 0.6) is 0 Å². The highest BCUT2D eigenvalue weighted by Gasteiger charge is 2.03. The van der Waals surface area contributed by atoms with Gasteiger partial charge in [0.2, 0.25) is 5.91 Å². The number of benzene rings is 1. The minimum atomic E-state index is -0.0646. The van der Waals surface area contributed by atoms with Crippen molar-refractivity contribution in [2.45, 2.75) is 13.8 Å². The van der Waals surface area contributed by atoms with E-state index < -0.39 is 0 Å².